The molecule has 0 radical (unpaired) electrons. The number of methoxy groups -OCH3 is 1. The first-order valence-electron chi connectivity index (χ1n) is 8.11. The molecule has 0 atom stereocenters. The number of carbonyl (C=O) groups excluding carboxylic acids is 1. The number of carbonyl (C=O) groups is 1. The summed E-state index contributed by atoms with van der Waals surface area (Å²) < 4.78 is 24.6. The van der Waals surface area contributed by atoms with Crippen molar-refractivity contribution in [1.29, 1.82) is 0 Å². The number of halogens is 1. The fraction of sp³-hybridized carbons (Fsp3) is 0.250. The van der Waals surface area contributed by atoms with Crippen LogP contribution in [0.4, 0.5) is 4.39 Å². The van der Waals surface area contributed by atoms with Crippen molar-refractivity contribution in [2.45, 2.75) is 19.4 Å². The van der Waals surface area contributed by atoms with E-state index in [0.717, 1.165) is 0 Å². The lowest BCUT2D eigenvalue weighted by Gasteiger charge is -2.20. The van der Waals surface area contributed by atoms with Crippen molar-refractivity contribution < 1.29 is 23.4 Å². The Bertz CT molecular complexity index is 968. The van der Waals surface area contributed by atoms with Crippen LogP contribution in [0.25, 0.3) is 22.3 Å². The SMILES string of the molecule is CNC(=O)c1c(-c2ccc(F)cc2)oc2cc(C(C)(C)O)c(OC)cc12. The van der Waals surface area contributed by atoms with E-state index in [4.69, 9.17) is 9.15 Å². The van der Waals surface area contributed by atoms with Gasteiger partial charge in [-0.3, -0.25) is 4.79 Å². The molecule has 0 spiro atoms. The van der Waals surface area contributed by atoms with Crippen molar-refractivity contribution in [1.82, 2.24) is 5.32 Å². The Morgan fingerprint density at radius 2 is 1.88 bits per heavy atom. The summed E-state index contributed by atoms with van der Waals surface area (Å²) >= 11 is 0. The number of aliphatic hydroxyl groups is 1. The van der Waals surface area contributed by atoms with Crippen LogP contribution < -0.4 is 10.1 Å². The number of hydrogen-bond acceptors (Lipinski definition) is 4. The van der Waals surface area contributed by atoms with E-state index >= 15 is 0 Å². The highest BCUT2D eigenvalue weighted by Crippen LogP contribution is 2.40. The van der Waals surface area contributed by atoms with Crippen LogP contribution in [-0.2, 0) is 5.60 Å². The van der Waals surface area contributed by atoms with E-state index in [1.807, 2.05) is 0 Å². The van der Waals surface area contributed by atoms with Gasteiger partial charge in [-0.2, -0.15) is 0 Å². The number of nitrogens with one attached hydrogen (secondary N) is 1. The zero-order chi connectivity index (χ0) is 19.1. The Kier molecular flexibility index (Phi) is 4.46. The second-order valence-corrected chi connectivity index (χ2v) is 6.50. The maximum absolute atomic E-state index is 13.3. The molecule has 2 aromatic carbocycles. The number of benzene rings is 2. The minimum Gasteiger partial charge on any atom is -0.496 e. The summed E-state index contributed by atoms with van der Waals surface area (Å²) in [5.41, 5.74) is 0.714. The molecule has 26 heavy (non-hydrogen) atoms. The maximum atomic E-state index is 13.3. The predicted molar refractivity (Wildman–Crippen MR) is 96.8 cm³/mol. The zero-order valence-electron chi connectivity index (χ0n) is 15.0. The first kappa shape index (κ1) is 17.9. The minimum atomic E-state index is -1.16. The molecule has 0 aliphatic carbocycles. The molecule has 0 bridgehead atoms. The number of furan rings is 1. The van der Waals surface area contributed by atoms with Crippen molar-refractivity contribution in [3.05, 3.63) is 53.3 Å². The molecular formula is C20H20FNO4. The molecule has 136 valence electrons. The fourth-order valence-electron chi connectivity index (χ4n) is 2.93. The monoisotopic (exact) mass is 357 g/mol. The van der Waals surface area contributed by atoms with Gasteiger partial charge in [-0.05, 0) is 50.2 Å². The predicted octanol–water partition coefficient (Wildman–Crippen LogP) is 3.83. The van der Waals surface area contributed by atoms with Crippen LogP contribution in [0, 0.1) is 5.82 Å². The van der Waals surface area contributed by atoms with E-state index in [-0.39, 0.29) is 11.7 Å². The summed E-state index contributed by atoms with van der Waals surface area (Å²) in [5.74, 6) is 0.0642. The lowest BCUT2D eigenvalue weighted by atomic mass is 9.95. The van der Waals surface area contributed by atoms with Crippen LogP contribution in [0.1, 0.15) is 29.8 Å². The van der Waals surface area contributed by atoms with Crippen molar-refractivity contribution in [3.63, 3.8) is 0 Å². The molecule has 0 saturated heterocycles. The van der Waals surface area contributed by atoms with Gasteiger partial charge in [0.15, 0.2) is 0 Å². The zero-order valence-corrected chi connectivity index (χ0v) is 15.0. The number of ether oxygens (including phenoxy) is 1. The minimum absolute atomic E-state index is 0.328. The summed E-state index contributed by atoms with van der Waals surface area (Å²) in [5, 5.41) is 13.5. The van der Waals surface area contributed by atoms with E-state index in [0.29, 0.717) is 39.2 Å². The molecule has 1 aromatic heterocycles. The average molecular weight is 357 g/mol. The Hall–Kier alpha value is -2.86. The fourth-order valence-corrected chi connectivity index (χ4v) is 2.93. The van der Waals surface area contributed by atoms with E-state index < -0.39 is 5.60 Å². The molecule has 6 heteroatoms. The summed E-state index contributed by atoms with van der Waals surface area (Å²) in [6.45, 7) is 3.28. The van der Waals surface area contributed by atoms with Gasteiger partial charge in [0.1, 0.15) is 22.9 Å². The molecule has 0 fully saturated rings. The molecule has 0 aliphatic rings. The molecule has 1 heterocycles. The second kappa shape index (κ2) is 6.46. The van der Waals surface area contributed by atoms with Gasteiger partial charge >= 0.3 is 0 Å². The second-order valence-electron chi connectivity index (χ2n) is 6.50. The van der Waals surface area contributed by atoms with E-state index in [9.17, 15) is 14.3 Å². The molecule has 2 N–H and O–H groups in total. The van der Waals surface area contributed by atoms with Gasteiger partial charge in [0, 0.05) is 23.6 Å². The van der Waals surface area contributed by atoms with Crippen molar-refractivity contribution in [3.8, 4) is 17.1 Å². The molecule has 5 nitrogen and oxygen atoms in total. The normalized spacial score (nSPS) is 11.6. The van der Waals surface area contributed by atoms with Gasteiger partial charge in [0.05, 0.1) is 18.3 Å². The topological polar surface area (TPSA) is 71.7 Å². The third kappa shape index (κ3) is 3.04. The lowest BCUT2D eigenvalue weighted by molar-refractivity contribution is 0.0757. The summed E-state index contributed by atoms with van der Waals surface area (Å²) in [7, 11) is 3.02. The van der Waals surface area contributed by atoms with Gasteiger partial charge in [-0.1, -0.05) is 0 Å². The smallest absolute Gasteiger partial charge is 0.255 e. The quantitative estimate of drug-likeness (QED) is 0.744. The summed E-state index contributed by atoms with van der Waals surface area (Å²) in [4.78, 5) is 12.5. The van der Waals surface area contributed by atoms with Crippen LogP contribution >= 0.6 is 0 Å². The summed E-state index contributed by atoms with van der Waals surface area (Å²) in [6, 6.07) is 9.04. The first-order valence-corrected chi connectivity index (χ1v) is 8.11. The molecule has 3 rings (SSSR count). The Balaban J connectivity index is 2.34. The molecule has 0 unspecified atom stereocenters. The Morgan fingerprint density at radius 3 is 2.42 bits per heavy atom. The number of fused-ring (bicyclic) bond motifs is 1. The van der Waals surface area contributed by atoms with E-state index in [2.05, 4.69) is 5.32 Å². The van der Waals surface area contributed by atoms with Gasteiger partial charge < -0.3 is 19.6 Å². The first-order chi connectivity index (χ1) is 12.3. The highest BCUT2D eigenvalue weighted by molar-refractivity contribution is 6.11. The largest absolute Gasteiger partial charge is 0.496 e. The highest BCUT2D eigenvalue weighted by Gasteiger charge is 2.27. The summed E-state index contributed by atoms with van der Waals surface area (Å²) in [6.07, 6.45) is 0. The Labute approximate surface area is 150 Å². The van der Waals surface area contributed by atoms with Gasteiger partial charge in [-0.15, -0.1) is 0 Å². The molecular weight excluding hydrogens is 337 g/mol. The highest BCUT2D eigenvalue weighted by atomic mass is 19.1. The number of amides is 1. The lowest BCUT2D eigenvalue weighted by Crippen LogP contribution is -2.18. The molecule has 0 aliphatic heterocycles. The van der Waals surface area contributed by atoms with Crippen molar-refractivity contribution >= 4 is 16.9 Å². The van der Waals surface area contributed by atoms with Gasteiger partial charge in [0.2, 0.25) is 0 Å². The van der Waals surface area contributed by atoms with Gasteiger partial charge in [-0.25, -0.2) is 4.39 Å². The van der Waals surface area contributed by atoms with Gasteiger partial charge in [0.25, 0.3) is 5.91 Å². The molecule has 0 saturated carbocycles. The van der Waals surface area contributed by atoms with Crippen LogP contribution in [0.15, 0.2) is 40.8 Å². The standard InChI is InChI=1S/C20H20FNO4/c1-20(2,24)14-10-15-13(9-16(14)25-4)17(19(23)22-3)18(26-15)11-5-7-12(21)8-6-11/h5-10,24H,1-4H3,(H,22,23). The van der Waals surface area contributed by atoms with E-state index in [1.165, 1.54) is 26.3 Å². The van der Waals surface area contributed by atoms with Crippen LogP contribution in [-0.4, -0.2) is 25.2 Å². The van der Waals surface area contributed by atoms with Crippen molar-refractivity contribution in [2.75, 3.05) is 14.2 Å². The number of hydrogen-bond donors (Lipinski definition) is 2. The maximum Gasteiger partial charge on any atom is 0.255 e. The van der Waals surface area contributed by atoms with Crippen LogP contribution in [0.2, 0.25) is 0 Å². The molecule has 1 amide bonds. The average Bonchev–Trinajstić information content (AvgIpc) is 2.98. The van der Waals surface area contributed by atoms with Crippen LogP contribution in [0.5, 0.6) is 5.75 Å². The Morgan fingerprint density at radius 1 is 1.23 bits per heavy atom. The third-order valence-electron chi connectivity index (χ3n) is 4.23. The van der Waals surface area contributed by atoms with E-state index in [1.54, 1.807) is 38.1 Å². The number of rotatable bonds is 4. The molecule has 3 aromatic rings. The van der Waals surface area contributed by atoms with Crippen molar-refractivity contribution in [2.24, 2.45) is 0 Å². The third-order valence-corrected chi connectivity index (χ3v) is 4.23. The van der Waals surface area contributed by atoms with Crippen LogP contribution in [0.3, 0.4) is 0 Å².